The van der Waals surface area contributed by atoms with Crippen molar-refractivity contribution in [3.63, 3.8) is 0 Å². The lowest BCUT2D eigenvalue weighted by Crippen LogP contribution is -2.30. The molecule has 3 nitrogen and oxygen atoms in total. The fourth-order valence-corrected chi connectivity index (χ4v) is 2.49. The Morgan fingerprint density at radius 2 is 1.46 bits per heavy atom. The minimum absolute atomic E-state index is 0.151. The molecule has 0 atom stereocenters. The number of nitrogens with zero attached hydrogens (tertiary/aromatic N) is 1. The average molecular weight is 340 g/mol. The van der Waals surface area contributed by atoms with E-state index in [1.54, 1.807) is 11.9 Å². The molecule has 3 aromatic rings. The van der Waals surface area contributed by atoms with Crippen LogP contribution in [-0.4, -0.2) is 18.0 Å². The summed E-state index contributed by atoms with van der Waals surface area (Å²) in [6.45, 7) is 0.556. The van der Waals surface area contributed by atoms with Gasteiger partial charge in [-0.1, -0.05) is 66.4 Å². The van der Waals surface area contributed by atoms with Gasteiger partial charge < -0.3 is 10.2 Å². The Labute approximate surface area is 154 Å². The van der Waals surface area contributed by atoms with Crippen LogP contribution < -0.4 is 5.32 Å². The Balaban J connectivity index is 1.65. The van der Waals surface area contributed by atoms with Crippen LogP contribution in [0, 0.1) is 11.8 Å². The Morgan fingerprint density at radius 1 is 0.846 bits per heavy atom. The second-order valence-electron chi connectivity index (χ2n) is 5.97. The van der Waals surface area contributed by atoms with Gasteiger partial charge in [-0.15, -0.1) is 0 Å². The number of urea groups is 1. The van der Waals surface area contributed by atoms with Crippen LogP contribution in [0.1, 0.15) is 16.7 Å². The van der Waals surface area contributed by atoms with E-state index in [-0.39, 0.29) is 6.03 Å². The zero-order valence-corrected chi connectivity index (χ0v) is 14.6. The van der Waals surface area contributed by atoms with Crippen LogP contribution in [0.25, 0.3) is 0 Å². The minimum Gasteiger partial charge on any atom is -0.323 e. The molecule has 0 heterocycles. The first-order valence-electron chi connectivity index (χ1n) is 8.44. The Kier molecular flexibility index (Phi) is 5.69. The molecule has 3 rings (SSSR count). The molecule has 0 aliphatic heterocycles. The van der Waals surface area contributed by atoms with Crippen LogP contribution in [0.5, 0.6) is 0 Å². The molecule has 0 radical (unpaired) electrons. The van der Waals surface area contributed by atoms with Crippen molar-refractivity contribution in [1.29, 1.82) is 0 Å². The van der Waals surface area contributed by atoms with E-state index in [1.807, 2.05) is 84.9 Å². The molecule has 0 fully saturated rings. The highest BCUT2D eigenvalue weighted by atomic mass is 16.2. The number of anilines is 1. The summed E-state index contributed by atoms with van der Waals surface area (Å²) in [5.74, 6) is 6.25. The third kappa shape index (κ3) is 4.99. The lowest BCUT2D eigenvalue weighted by molar-refractivity contribution is 0.220. The van der Waals surface area contributed by atoms with Crippen molar-refractivity contribution in [3.8, 4) is 11.8 Å². The highest BCUT2D eigenvalue weighted by molar-refractivity contribution is 5.89. The van der Waals surface area contributed by atoms with Gasteiger partial charge in [-0.25, -0.2) is 4.79 Å². The standard InChI is InChI=1S/C23H20N2O/c1-25(18-21-11-6-3-7-12-21)23(26)24-22-14-8-13-20(17-22)16-15-19-9-4-2-5-10-19/h2-14,17H,18H2,1H3,(H,24,26). The van der Waals surface area contributed by atoms with Crippen molar-refractivity contribution in [2.75, 3.05) is 12.4 Å². The highest BCUT2D eigenvalue weighted by Gasteiger charge is 2.09. The van der Waals surface area contributed by atoms with E-state index in [1.165, 1.54) is 0 Å². The summed E-state index contributed by atoms with van der Waals surface area (Å²) in [6, 6.07) is 27.1. The molecule has 0 aliphatic rings. The number of rotatable bonds is 3. The average Bonchev–Trinajstić information content (AvgIpc) is 2.68. The van der Waals surface area contributed by atoms with Gasteiger partial charge in [0.1, 0.15) is 0 Å². The minimum atomic E-state index is -0.151. The summed E-state index contributed by atoms with van der Waals surface area (Å²) in [7, 11) is 1.78. The molecule has 3 aromatic carbocycles. The van der Waals surface area contributed by atoms with E-state index < -0.39 is 0 Å². The molecule has 0 spiro atoms. The van der Waals surface area contributed by atoms with Crippen molar-refractivity contribution in [3.05, 3.63) is 102 Å². The van der Waals surface area contributed by atoms with Crippen LogP contribution in [0.3, 0.4) is 0 Å². The van der Waals surface area contributed by atoms with Crippen molar-refractivity contribution in [1.82, 2.24) is 4.90 Å². The van der Waals surface area contributed by atoms with Crippen molar-refractivity contribution < 1.29 is 4.79 Å². The third-order valence-corrected chi connectivity index (χ3v) is 3.85. The number of carbonyl (C=O) groups excluding carboxylic acids is 1. The van der Waals surface area contributed by atoms with Gasteiger partial charge in [0.2, 0.25) is 0 Å². The number of benzene rings is 3. The van der Waals surface area contributed by atoms with Gasteiger partial charge in [0.15, 0.2) is 0 Å². The van der Waals surface area contributed by atoms with E-state index in [0.29, 0.717) is 6.54 Å². The van der Waals surface area contributed by atoms with Gasteiger partial charge in [0, 0.05) is 30.4 Å². The quantitative estimate of drug-likeness (QED) is 0.686. The van der Waals surface area contributed by atoms with Gasteiger partial charge in [-0.3, -0.25) is 0 Å². The fourth-order valence-electron chi connectivity index (χ4n) is 2.49. The van der Waals surface area contributed by atoms with Gasteiger partial charge >= 0.3 is 6.03 Å². The maximum absolute atomic E-state index is 12.4. The van der Waals surface area contributed by atoms with Gasteiger partial charge in [0.05, 0.1) is 0 Å². The third-order valence-electron chi connectivity index (χ3n) is 3.85. The Bertz CT molecular complexity index is 924. The van der Waals surface area contributed by atoms with Crippen LogP contribution >= 0.6 is 0 Å². The zero-order valence-electron chi connectivity index (χ0n) is 14.6. The second-order valence-corrected chi connectivity index (χ2v) is 5.97. The number of hydrogen-bond donors (Lipinski definition) is 1. The predicted molar refractivity (Wildman–Crippen MR) is 106 cm³/mol. The van der Waals surface area contributed by atoms with E-state index in [4.69, 9.17) is 0 Å². The molecule has 26 heavy (non-hydrogen) atoms. The molecular weight excluding hydrogens is 320 g/mol. The van der Waals surface area contributed by atoms with E-state index in [2.05, 4.69) is 17.2 Å². The number of amides is 2. The molecule has 0 aromatic heterocycles. The Hall–Kier alpha value is -3.51. The van der Waals surface area contributed by atoms with Gasteiger partial charge in [-0.2, -0.15) is 0 Å². The molecule has 1 N–H and O–H groups in total. The van der Waals surface area contributed by atoms with E-state index in [9.17, 15) is 4.79 Å². The topological polar surface area (TPSA) is 32.3 Å². The number of hydrogen-bond acceptors (Lipinski definition) is 1. The molecule has 128 valence electrons. The lowest BCUT2D eigenvalue weighted by atomic mass is 10.1. The van der Waals surface area contributed by atoms with Gasteiger partial charge in [-0.05, 0) is 35.9 Å². The first-order chi connectivity index (χ1) is 12.7. The van der Waals surface area contributed by atoms with Crippen LogP contribution in [0.15, 0.2) is 84.9 Å². The lowest BCUT2D eigenvalue weighted by Gasteiger charge is -2.18. The monoisotopic (exact) mass is 340 g/mol. The van der Waals surface area contributed by atoms with E-state index in [0.717, 1.165) is 22.4 Å². The van der Waals surface area contributed by atoms with Gasteiger partial charge in [0.25, 0.3) is 0 Å². The second kappa shape index (κ2) is 8.55. The first-order valence-corrected chi connectivity index (χ1v) is 8.44. The largest absolute Gasteiger partial charge is 0.323 e. The summed E-state index contributed by atoms with van der Waals surface area (Å²) < 4.78 is 0. The summed E-state index contributed by atoms with van der Waals surface area (Å²) in [4.78, 5) is 14.0. The zero-order chi connectivity index (χ0) is 18.2. The summed E-state index contributed by atoms with van der Waals surface area (Å²) in [5.41, 5.74) is 3.64. The molecule has 0 aliphatic carbocycles. The molecule has 0 bridgehead atoms. The maximum atomic E-state index is 12.4. The fraction of sp³-hybridized carbons (Fsp3) is 0.0870. The molecule has 0 saturated heterocycles. The number of carbonyl (C=O) groups is 1. The van der Waals surface area contributed by atoms with Crippen molar-refractivity contribution >= 4 is 11.7 Å². The predicted octanol–water partition coefficient (Wildman–Crippen LogP) is 4.75. The maximum Gasteiger partial charge on any atom is 0.321 e. The van der Waals surface area contributed by atoms with Crippen molar-refractivity contribution in [2.24, 2.45) is 0 Å². The molecular formula is C23H20N2O. The smallest absolute Gasteiger partial charge is 0.321 e. The summed E-state index contributed by atoms with van der Waals surface area (Å²) in [5, 5.41) is 2.92. The SMILES string of the molecule is CN(Cc1ccccc1)C(=O)Nc1cccc(C#Cc2ccccc2)c1. The molecule has 0 saturated carbocycles. The van der Waals surface area contributed by atoms with E-state index >= 15 is 0 Å². The van der Waals surface area contributed by atoms with Crippen LogP contribution in [-0.2, 0) is 6.54 Å². The summed E-state index contributed by atoms with van der Waals surface area (Å²) >= 11 is 0. The normalized spacial score (nSPS) is 9.73. The van der Waals surface area contributed by atoms with Crippen molar-refractivity contribution in [2.45, 2.75) is 6.54 Å². The molecule has 3 heteroatoms. The molecule has 2 amide bonds. The van der Waals surface area contributed by atoms with Crippen LogP contribution in [0.2, 0.25) is 0 Å². The first kappa shape index (κ1) is 17.3. The number of nitrogens with one attached hydrogen (secondary N) is 1. The Morgan fingerprint density at radius 3 is 2.19 bits per heavy atom. The van der Waals surface area contributed by atoms with Crippen LogP contribution in [0.4, 0.5) is 10.5 Å². The highest BCUT2D eigenvalue weighted by Crippen LogP contribution is 2.12. The summed E-state index contributed by atoms with van der Waals surface area (Å²) in [6.07, 6.45) is 0. The molecule has 0 unspecified atom stereocenters.